The molecule has 0 atom stereocenters. The van der Waals surface area contributed by atoms with Crippen molar-refractivity contribution in [2.45, 2.75) is 19.3 Å². The van der Waals surface area contributed by atoms with Crippen LogP contribution in [0.5, 0.6) is 0 Å². The van der Waals surface area contributed by atoms with Gasteiger partial charge in [-0.25, -0.2) is 9.38 Å². The normalized spacial score (nSPS) is 18.1. The zero-order valence-corrected chi connectivity index (χ0v) is 13.0. The first-order valence-electron chi connectivity index (χ1n) is 7.51. The molecule has 0 radical (unpaired) electrons. The van der Waals surface area contributed by atoms with Crippen molar-refractivity contribution in [3.8, 4) is 0 Å². The van der Waals surface area contributed by atoms with Gasteiger partial charge in [-0.05, 0) is 30.7 Å². The van der Waals surface area contributed by atoms with Gasteiger partial charge < -0.3 is 5.11 Å². The number of halogens is 1. The van der Waals surface area contributed by atoms with Gasteiger partial charge >= 0.3 is 0 Å². The van der Waals surface area contributed by atoms with Crippen molar-refractivity contribution >= 4 is 17.4 Å². The maximum absolute atomic E-state index is 13.0. The molecule has 1 heterocycles. The first kappa shape index (κ1) is 15.9. The van der Waals surface area contributed by atoms with E-state index in [1.54, 1.807) is 19.2 Å². The SMILES string of the molecule is CN1NC(C(O)=C2C(=O)CCCC2=O)=CN=C1c1ccc(F)cc1. The second-order valence-corrected chi connectivity index (χ2v) is 5.60. The van der Waals surface area contributed by atoms with E-state index >= 15 is 0 Å². The van der Waals surface area contributed by atoms with Crippen LogP contribution >= 0.6 is 0 Å². The van der Waals surface area contributed by atoms with Gasteiger partial charge in [-0.1, -0.05) is 0 Å². The van der Waals surface area contributed by atoms with Crippen LogP contribution in [-0.2, 0) is 9.59 Å². The van der Waals surface area contributed by atoms with E-state index in [1.807, 2.05) is 0 Å². The number of carbonyl (C=O) groups excluding carboxylic acids is 2. The number of benzene rings is 1. The molecule has 1 aliphatic carbocycles. The fourth-order valence-corrected chi connectivity index (χ4v) is 2.67. The standard InChI is InChI=1S/C17H16FN3O3/c1-21-17(10-5-7-11(18)8-6-10)19-9-12(20-21)16(24)15-13(22)3-2-4-14(15)23/h5-9,20,24H,2-4H2,1H3. The number of nitrogens with one attached hydrogen (secondary N) is 1. The number of Topliss-reactive ketones (excluding diaryl/α,β-unsaturated/α-hetero) is 2. The molecule has 7 heteroatoms. The Kier molecular flexibility index (Phi) is 4.16. The summed E-state index contributed by atoms with van der Waals surface area (Å²) in [6.07, 6.45) is 2.35. The molecule has 0 unspecified atom stereocenters. The molecule has 124 valence electrons. The van der Waals surface area contributed by atoms with Gasteiger partial charge in [0.25, 0.3) is 0 Å². The van der Waals surface area contributed by atoms with Crippen LogP contribution in [0.2, 0.25) is 0 Å². The molecule has 0 saturated heterocycles. The van der Waals surface area contributed by atoms with Gasteiger partial charge in [-0.2, -0.15) is 0 Å². The van der Waals surface area contributed by atoms with Crippen molar-refractivity contribution in [1.29, 1.82) is 0 Å². The summed E-state index contributed by atoms with van der Waals surface area (Å²) >= 11 is 0. The minimum Gasteiger partial charge on any atom is -0.505 e. The molecule has 1 aromatic rings. The third kappa shape index (κ3) is 2.92. The van der Waals surface area contributed by atoms with Crippen LogP contribution < -0.4 is 5.43 Å². The summed E-state index contributed by atoms with van der Waals surface area (Å²) in [7, 11) is 1.66. The quantitative estimate of drug-likeness (QED) is 0.493. The number of carbonyl (C=O) groups is 2. The highest BCUT2D eigenvalue weighted by Gasteiger charge is 2.29. The molecule has 2 N–H and O–H groups in total. The van der Waals surface area contributed by atoms with E-state index in [9.17, 15) is 19.1 Å². The fourth-order valence-electron chi connectivity index (χ4n) is 2.67. The third-order valence-corrected chi connectivity index (χ3v) is 3.88. The highest BCUT2D eigenvalue weighted by molar-refractivity contribution is 6.22. The number of amidine groups is 1. The largest absolute Gasteiger partial charge is 0.505 e. The molecule has 24 heavy (non-hydrogen) atoms. The number of hydrogen-bond acceptors (Lipinski definition) is 6. The predicted molar refractivity (Wildman–Crippen MR) is 85.4 cm³/mol. The molecular formula is C17H16FN3O3. The van der Waals surface area contributed by atoms with Crippen molar-refractivity contribution in [2.75, 3.05) is 7.05 Å². The van der Waals surface area contributed by atoms with E-state index in [4.69, 9.17) is 0 Å². The Labute approximate surface area is 138 Å². The van der Waals surface area contributed by atoms with E-state index in [0.29, 0.717) is 17.8 Å². The minimum absolute atomic E-state index is 0.168. The number of nitrogens with zero attached hydrogens (tertiary/aromatic N) is 2. The van der Waals surface area contributed by atoms with Gasteiger partial charge in [0.1, 0.15) is 17.1 Å². The molecule has 3 rings (SSSR count). The van der Waals surface area contributed by atoms with Gasteiger partial charge in [-0.3, -0.25) is 20.0 Å². The number of allylic oxidation sites excluding steroid dienone is 1. The van der Waals surface area contributed by atoms with Gasteiger partial charge in [-0.15, -0.1) is 0 Å². The number of aliphatic hydroxyl groups excluding tert-OH is 1. The van der Waals surface area contributed by atoms with Gasteiger partial charge in [0.15, 0.2) is 23.2 Å². The van der Waals surface area contributed by atoms with E-state index < -0.39 is 5.76 Å². The highest BCUT2D eigenvalue weighted by Crippen LogP contribution is 2.23. The Balaban J connectivity index is 1.95. The average Bonchev–Trinajstić information content (AvgIpc) is 2.55. The van der Waals surface area contributed by atoms with Crippen molar-refractivity contribution in [1.82, 2.24) is 10.4 Å². The molecule has 2 aliphatic rings. The maximum Gasteiger partial charge on any atom is 0.170 e. The summed E-state index contributed by atoms with van der Waals surface area (Å²) < 4.78 is 13.0. The smallest absolute Gasteiger partial charge is 0.170 e. The molecule has 6 nitrogen and oxygen atoms in total. The van der Waals surface area contributed by atoms with Crippen LogP contribution in [0, 0.1) is 5.82 Å². The lowest BCUT2D eigenvalue weighted by molar-refractivity contribution is -0.124. The molecule has 0 bridgehead atoms. The summed E-state index contributed by atoms with van der Waals surface area (Å²) in [6.45, 7) is 0. The molecular weight excluding hydrogens is 313 g/mol. The first-order valence-corrected chi connectivity index (χ1v) is 7.51. The summed E-state index contributed by atoms with van der Waals surface area (Å²) in [6, 6.07) is 5.81. The van der Waals surface area contributed by atoms with Crippen molar-refractivity contribution in [2.24, 2.45) is 4.99 Å². The van der Waals surface area contributed by atoms with Gasteiger partial charge in [0.2, 0.25) is 0 Å². The van der Waals surface area contributed by atoms with Crippen LogP contribution in [0.4, 0.5) is 4.39 Å². The predicted octanol–water partition coefficient (Wildman–Crippen LogP) is 2.00. The van der Waals surface area contributed by atoms with Crippen molar-refractivity contribution in [3.63, 3.8) is 0 Å². The Bertz CT molecular complexity index is 776. The van der Waals surface area contributed by atoms with Crippen LogP contribution in [0.25, 0.3) is 0 Å². The van der Waals surface area contributed by atoms with Gasteiger partial charge in [0.05, 0.1) is 6.20 Å². The zero-order chi connectivity index (χ0) is 17.3. The molecule has 1 fully saturated rings. The number of hydrogen-bond donors (Lipinski definition) is 2. The minimum atomic E-state index is -0.390. The van der Waals surface area contributed by atoms with Gasteiger partial charge in [0, 0.05) is 25.5 Å². The molecule has 1 aromatic carbocycles. The molecule has 1 saturated carbocycles. The van der Waals surface area contributed by atoms with Crippen LogP contribution in [0.1, 0.15) is 24.8 Å². The molecule has 0 spiro atoms. The number of ketones is 2. The third-order valence-electron chi connectivity index (χ3n) is 3.88. The van der Waals surface area contributed by atoms with E-state index in [2.05, 4.69) is 10.4 Å². The second-order valence-electron chi connectivity index (χ2n) is 5.60. The number of aliphatic imine (C=N–C) groups is 1. The molecule has 1 aliphatic heterocycles. The first-order chi connectivity index (χ1) is 11.5. The average molecular weight is 329 g/mol. The molecule has 0 aromatic heterocycles. The Hall–Kier alpha value is -2.96. The van der Waals surface area contributed by atoms with Crippen LogP contribution in [0.3, 0.4) is 0 Å². The zero-order valence-electron chi connectivity index (χ0n) is 13.0. The highest BCUT2D eigenvalue weighted by atomic mass is 19.1. The van der Waals surface area contributed by atoms with E-state index in [-0.39, 0.29) is 41.5 Å². The maximum atomic E-state index is 13.0. The lowest BCUT2D eigenvalue weighted by Crippen LogP contribution is -2.42. The lowest BCUT2D eigenvalue weighted by Gasteiger charge is -2.28. The summed E-state index contributed by atoms with van der Waals surface area (Å²) in [5, 5.41) is 11.8. The Morgan fingerprint density at radius 2 is 1.83 bits per heavy atom. The second kappa shape index (κ2) is 6.27. The molecule has 0 amide bonds. The topological polar surface area (TPSA) is 82.0 Å². The van der Waals surface area contributed by atoms with Crippen molar-refractivity contribution in [3.05, 3.63) is 58.9 Å². The lowest BCUT2D eigenvalue weighted by atomic mass is 9.91. The van der Waals surface area contributed by atoms with Crippen LogP contribution in [0.15, 0.2) is 52.5 Å². The summed E-state index contributed by atoms with van der Waals surface area (Å²) in [5.41, 5.74) is 3.55. The number of hydrazine groups is 1. The Morgan fingerprint density at radius 1 is 1.21 bits per heavy atom. The van der Waals surface area contributed by atoms with E-state index in [1.165, 1.54) is 23.3 Å². The monoisotopic (exact) mass is 329 g/mol. The van der Waals surface area contributed by atoms with Crippen molar-refractivity contribution < 1.29 is 19.1 Å². The van der Waals surface area contributed by atoms with E-state index in [0.717, 1.165) is 0 Å². The summed E-state index contributed by atoms with van der Waals surface area (Å²) in [5.74, 6) is -0.945. The Morgan fingerprint density at radius 3 is 2.42 bits per heavy atom. The number of aliphatic hydroxyl groups is 1. The summed E-state index contributed by atoms with van der Waals surface area (Å²) in [4.78, 5) is 28.1. The van der Waals surface area contributed by atoms with Crippen LogP contribution in [-0.4, -0.2) is 34.6 Å². The fraction of sp³-hybridized carbons (Fsp3) is 0.235. The number of rotatable bonds is 2.